The number of hydrogen-bond acceptors (Lipinski definition) is 4. The van der Waals surface area contributed by atoms with Gasteiger partial charge in [0.15, 0.2) is 5.16 Å². The molecule has 1 aliphatic rings. The van der Waals surface area contributed by atoms with Crippen LogP contribution in [0.3, 0.4) is 0 Å². The molecule has 1 aromatic heterocycles. The normalized spacial score (nSPS) is 13.8. The third-order valence-corrected chi connectivity index (χ3v) is 7.51. The highest BCUT2D eigenvalue weighted by molar-refractivity contribution is 7.99. The van der Waals surface area contributed by atoms with Crippen LogP contribution in [0.2, 0.25) is 0 Å². The van der Waals surface area contributed by atoms with Crippen LogP contribution in [0.25, 0.3) is 16.6 Å². The van der Waals surface area contributed by atoms with Crippen LogP contribution in [0.1, 0.15) is 37.3 Å². The van der Waals surface area contributed by atoms with Gasteiger partial charge in [0, 0.05) is 12.2 Å². The number of thioether (sulfide) groups is 1. The number of carbonyl (C=O) groups excluding carboxylic acids is 1. The predicted octanol–water partition coefficient (Wildman–Crippen LogP) is 5.58. The lowest BCUT2D eigenvalue weighted by atomic mass is 9.98. The van der Waals surface area contributed by atoms with E-state index in [1.54, 1.807) is 10.6 Å². The second kappa shape index (κ2) is 9.47. The average molecular weight is 470 g/mol. The number of amides is 1. The lowest BCUT2D eigenvalue weighted by Gasteiger charge is -2.18. The number of benzene rings is 3. The Labute approximate surface area is 203 Å². The number of nitrogens with zero attached hydrogens (tertiary/aromatic N) is 3. The van der Waals surface area contributed by atoms with E-state index in [4.69, 9.17) is 4.98 Å². The summed E-state index contributed by atoms with van der Waals surface area (Å²) in [6, 6.07) is 23.5. The summed E-state index contributed by atoms with van der Waals surface area (Å²) in [6.45, 7) is 5.05. The Hall–Kier alpha value is -3.38. The van der Waals surface area contributed by atoms with E-state index in [2.05, 4.69) is 32.0 Å². The van der Waals surface area contributed by atoms with Crippen molar-refractivity contribution in [1.82, 2.24) is 9.55 Å². The van der Waals surface area contributed by atoms with Crippen LogP contribution in [0.4, 0.5) is 5.69 Å². The molecule has 6 heteroatoms. The quantitative estimate of drug-likeness (QED) is 0.273. The largest absolute Gasteiger partial charge is 0.311 e. The van der Waals surface area contributed by atoms with E-state index in [1.807, 2.05) is 53.4 Å². The van der Waals surface area contributed by atoms with Gasteiger partial charge in [-0.1, -0.05) is 68.1 Å². The number of fused-ring (bicyclic) bond motifs is 2. The van der Waals surface area contributed by atoms with Crippen molar-refractivity contribution in [2.45, 2.75) is 37.8 Å². The van der Waals surface area contributed by atoms with E-state index in [1.165, 1.54) is 22.9 Å². The highest BCUT2D eigenvalue weighted by Crippen LogP contribution is 2.29. The molecule has 0 aliphatic carbocycles. The molecule has 0 fully saturated rings. The summed E-state index contributed by atoms with van der Waals surface area (Å²) < 4.78 is 1.64. The number of hydrogen-bond donors (Lipinski definition) is 0. The molecule has 1 unspecified atom stereocenters. The van der Waals surface area contributed by atoms with Gasteiger partial charge in [-0.05, 0) is 60.2 Å². The molecule has 2 heterocycles. The first-order valence-electron chi connectivity index (χ1n) is 11.7. The summed E-state index contributed by atoms with van der Waals surface area (Å²) in [5.41, 5.74) is 4.70. The maximum atomic E-state index is 13.5. The average Bonchev–Trinajstić information content (AvgIpc) is 3.31. The van der Waals surface area contributed by atoms with Gasteiger partial charge < -0.3 is 4.90 Å². The topological polar surface area (TPSA) is 55.2 Å². The molecule has 0 saturated heterocycles. The monoisotopic (exact) mass is 469 g/mol. The van der Waals surface area contributed by atoms with Gasteiger partial charge >= 0.3 is 0 Å². The summed E-state index contributed by atoms with van der Waals surface area (Å²) >= 11 is 1.32. The molecule has 0 bridgehead atoms. The van der Waals surface area contributed by atoms with Gasteiger partial charge in [-0.3, -0.25) is 14.2 Å². The summed E-state index contributed by atoms with van der Waals surface area (Å²) in [5, 5.41) is 1.10. The molecule has 0 N–H and O–H groups in total. The van der Waals surface area contributed by atoms with Gasteiger partial charge in [-0.15, -0.1) is 0 Å². The maximum absolute atomic E-state index is 13.5. The van der Waals surface area contributed by atoms with E-state index in [9.17, 15) is 9.59 Å². The number of aromatic nitrogens is 2. The van der Waals surface area contributed by atoms with Crippen molar-refractivity contribution in [3.8, 4) is 5.69 Å². The zero-order chi connectivity index (χ0) is 23.7. The van der Waals surface area contributed by atoms with Gasteiger partial charge in [0.05, 0.1) is 22.3 Å². The molecule has 0 saturated carbocycles. The summed E-state index contributed by atoms with van der Waals surface area (Å²) in [4.78, 5) is 33.2. The standard InChI is InChI=1S/C28H27N3O2S/c1-3-19(2)20-12-14-22(15-13-20)31-27(33)23-9-5-6-10-24(23)29-28(31)34-18-26(32)30-17-16-21-8-4-7-11-25(21)30/h4-15,19H,3,16-18H2,1-2H3. The first kappa shape index (κ1) is 22.4. The SMILES string of the molecule is CCC(C)c1ccc(-n2c(SCC(=O)N3CCc4ccccc43)nc3ccccc3c2=O)cc1. The van der Waals surface area contributed by atoms with Crippen LogP contribution < -0.4 is 10.5 Å². The number of carbonyl (C=O) groups is 1. The van der Waals surface area contributed by atoms with E-state index < -0.39 is 0 Å². The van der Waals surface area contributed by atoms with Crippen molar-refractivity contribution in [3.05, 3.63) is 94.3 Å². The maximum Gasteiger partial charge on any atom is 0.266 e. The van der Waals surface area contributed by atoms with Crippen LogP contribution in [0, 0.1) is 0 Å². The van der Waals surface area contributed by atoms with Gasteiger partial charge in [0.1, 0.15) is 0 Å². The number of rotatable bonds is 6. The highest BCUT2D eigenvalue weighted by atomic mass is 32.2. The van der Waals surface area contributed by atoms with Crippen molar-refractivity contribution >= 4 is 34.3 Å². The number of para-hydroxylation sites is 2. The molecule has 1 amide bonds. The molecule has 5 rings (SSSR count). The van der Waals surface area contributed by atoms with Gasteiger partial charge in [0.25, 0.3) is 5.56 Å². The van der Waals surface area contributed by atoms with E-state index >= 15 is 0 Å². The van der Waals surface area contributed by atoms with Crippen molar-refractivity contribution in [2.24, 2.45) is 0 Å². The molecule has 172 valence electrons. The molecule has 4 aromatic rings. The van der Waals surface area contributed by atoms with Gasteiger partial charge in [-0.2, -0.15) is 0 Å². The fourth-order valence-corrected chi connectivity index (χ4v) is 5.31. The van der Waals surface area contributed by atoms with Crippen molar-refractivity contribution in [1.29, 1.82) is 0 Å². The summed E-state index contributed by atoms with van der Waals surface area (Å²) in [5.74, 6) is 0.690. The van der Waals surface area contributed by atoms with Crippen molar-refractivity contribution in [3.63, 3.8) is 0 Å². The first-order chi connectivity index (χ1) is 16.6. The molecule has 3 aromatic carbocycles. The Morgan fingerprint density at radius 2 is 1.76 bits per heavy atom. The zero-order valence-electron chi connectivity index (χ0n) is 19.4. The van der Waals surface area contributed by atoms with Crippen LogP contribution in [-0.4, -0.2) is 27.8 Å². The molecule has 1 aliphatic heterocycles. The molecule has 1 atom stereocenters. The minimum Gasteiger partial charge on any atom is -0.311 e. The van der Waals surface area contributed by atoms with Crippen molar-refractivity contribution < 1.29 is 4.79 Å². The Morgan fingerprint density at radius 3 is 2.56 bits per heavy atom. The lowest BCUT2D eigenvalue weighted by Crippen LogP contribution is -2.31. The fraction of sp³-hybridized carbons (Fsp3) is 0.250. The van der Waals surface area contributed by atoms with E-state index in [0.29, 0.717) is 28.5 Å². The Bertz CT molecular complexity index is 1410. The Kier molecular flexibility index (Phi) is 6.24. The lowest BCUT2D eigenvalue weighted by molar-refractivity contribution is -0.116. The zero-order valence-corrected chi connectivity index (χ0v) is 20.2. The third-order valence-electron chi connectivity index (χ3n) is 6.59. The molecule has 0 spiro atoms. The third kappa shape index (κ3) is 4.14. The fourth-order valence-electron chi connectivity index (χ4n) is 4.43. The second-order valence-corrected chi connectivity index (χ2v) is 9.61. The predicted molar refractivity (Wildman–Crippen MR) is 139 cm³/mol. The first-order valence-corrected chi connectivity index (χ1v) is 12.7. The van der Waals surface area contributed by atoms with Gasteiger partial charge in [-0.25, -0.2) is 4.98 Å². The molecule has 34 heavy (non-hydrogen) atoms. The second-order valence-electron chi connectivity index (χ2n) is 8.67. The van der Waals surface area contributed by atoms with Crippen LogP contribution in [-0.2, 0) is 11.2 Å². The molecule has 0 radical (unpaired) electrons. The minimum absolute atomic E-state index is 0.0241. The minimum atomic E-state index is -0.122. The highest BCUT2D eigenvalue weighted by Gasteiger charge is 2.25. The van der Waals surface area contributed by atoms with Gasteiger partial charge in [0.2, 0.25) is 5.91 Å². The molecule has 5 nitrogen and oxygen atoms in total. The van der Waals surface area contributed by atoms with Crippen LogP contribution >= 0.6 is 11.8 Å². The molecular weight excluding hydrogens is 442 g/mol. The molecular formula is C28H27N3O2S. The summed E-state index contributed by atoms with van der Waals surface area (Å²) in [6.07, 6.45) is 1.92. The van der Waals surface area contributed by atoms with Crippen LogP contribution in [0.15, 0.2) is 82.7 Å². The smallest absolute Gasteiger partial charge is 0.266 e. The Balaban J connectivity index is 1.49. The van der Waals surface area contributed by atoms with Crippen molar-refractivity contribution in [2.75, 3.05) is 17.2 Å². The summed E-state index contributed by atoms with van der Waals surface area (Å²) in [7, 11) is 0. The van der Waals surface area contributed by atoms with Crippen LogP contribution in [0.5, 0.6) is 0 Å². The van der Waals surface area contributed by atoms with E-state index in [0.717, 1.165) is 24.2 Å². The Morgan fingerprint density at radius 1 is 1.03 bits per heavy atom. The van der Waals surface area contributed by atoms with E-state index in [-0.39, 0.29) is 17.2 Å². The number of anilines is 1.